The number of rotatable bonds is 2. The summed E-state index contributed by atoms with van der Waals surface area (Å²) in [4.78, 5) is 1.74. The molecule has 0 N–H and O–H groups in total. The van der Waals surface area contributed by atoms with Gasteiger partial charge in [-0.2, -0.15) is 0 Å². The molecule has 1 atom stereocenters. The Balaban J connectivity index is 2.34. The van der Waals surface area contributed by atoms with Gasteiger partial charge in [0.1, 0.15) is 0 Å². The molecule has 3 aromatic rings. The highest BCUT2D eigenvalue weighted by atomic mass is 32.1. The minimum Gasteiger partial charge on any atom is -0.139 e. The number of benzene rings is 1. The summed E-state index contributed by atoms with van der Waals surface area (Å²) in [5, 5.41) is 5.23. The van der Waals surface area contributed by atoms with Gasteiger partial charge < -0.3 is 0 Å². The van der Waals surface area contributed by atoms with Crippen molar-refractivity contribution in [2.45, 2.75) is 19.6 Å². The topological polar surface area (TPSA) is 0 Å². The zero-order valence-electron chi connectivity index (χ0n) is 11.0. The molecule has 0 saturated heterocycles. The average Bonchev–Trinajstić information content (AvgIpc) is 2.88. The lowest BCUT2D eigenvalue weighted by atomic mass is 10.4. The molecule has 0 amide bonds. The van der Waals surface area contributed by atoms with Crippen molar-refractivity contribution < 1.29 is 0 Å². The summed E-state index contributed by atoms with van der Waals surface area (Å²) in [7, 11) is -1.46. The zero-order valence-corrected chi connectivity index (χ0v) is 13.7. The van der Waals surface area contributed by atoms with E-state index in [0.29, 0.717) is 0 Å². The van der Waals surface area contributed by atoms with Crippen LogP contribution in [-0.2, 0) is 0 Å². The minimum absolute atomic E-state index is 0.229. The molecular weight excluding hydrogens is 271 g/mol. The minimum atomic E-state index is -1.23. The third-order valence-electron chi connectivity index (χ3n) is 3.19. The van der Waals surface area contributed by atoms with Crippen molar-refractivity contribution in [3.63, 3.8) is 0 Å². The van der Waals surface area contributed by atoms with Crippen LogP contribution in [0.25, 0.3) is 15.1 Å². The third kappa shape index (κ3) is 1.99. The van der Waals surface area contributed by atoms with E-state index in [0.717, 1.165) is 0 Å². The summed E-state index contributed by atoms with van der Waals surface area (Å²) in [5.41, 5.74) is 0. The summed E-state index contributed by atoms with van der Waals surface area (Å²) < 4.78 is 1.61. The van der Waals surface area contributed by atoms with Gasteiger partial charge in [0.15, 0.2) is 0 Å². The van der Waals surface area contributed by atoms with Crippen molar-refractivity contribution >= 4 is 41.7 Å². The van der Waals surface area contributed by atoms with E-state index in [1.54, 1.807) is 9.35 Å². The summed E-state index contributed by atoms with van der Waals surface area (Å²) in [6.45, 7) is 7.40. The predicted octanol–water partition coefficient (Wildman–Crippen LogP) is 5.42. The predicted molar refractivity (Wildman–Crippen MR) is 88.9 cm³/mol. The van der Waals surface area contributed by atoms with Crippen molar-refractivity contribution in [2.24, 2.45) is 0 Å². The Kier molecular flexibility index (Phi) is 2.97. The Labute approximate surface area is 114 Å². The van der Waals surface area contributed by atoms with Gasteiger partial charge in [0, 0.05) is 0 Å². The molecule has 3 rings (SSSR count). The maximum Gasteiger partial charge on any atom is 0.0832 e. The van der Waals surface area contributed by atoms with E-state index < -0.39 is 8.07 Å². The van der Waals surface area contributed by atoms with Crippen molar-refractivity contribution in [2.75, 3.05) is 0 Å². The first-order chi connectivity index (χ1) is 8.57. The van der Waals surface area contributed by atoms with Crippen LogP contribution in [0.3, 0.4) is 0 Å². The van der Waals surface area contributed by atoms with E-state index in [-0.39, 0.29) is 7.53 Å². The number of fused-ring (bicyclic) bond motifs is 1. The third-order valence-corrected chi connectivity index (χ3v) is 11.2. The molecule has 3 heteroatoms. The second-order valence-corrected chi connectivity index (χ2v) is 14.4. The first kappa shape index (κ1) is 12.2. The second kappa shape index (κ2) is 4.38. The molecule has 0 aliphatic rings. The highest BCUT2D eigenvalue weighted by Gasteiger charge is 2.24. The Morgan fingerprint density at radius 3 is 2.39 bits per heavy atom. The lowest BCUT2D eigenvalue weighted by Gasteiger charge is -2.18. The molecule has 92 valence electrons. The molecule has 18 heavy (non-hydrogen) atoms. The molecule has 1 aromatic carbocycles. The summed E-state index contributed by atoms with van der Waals surface area (Å²) in [6, 6.07) is 15.8. The lowest BCUT2D eigenvalue weighted by molar-refractivity contribution is 1.76. The maximum absolute atomic E-state index is 2.48. The van der Waals surface area contributed by atoms with E-state index >= 15 is 0 Å². The van der Waals surface area contributed by atoms with Crippen LogP contribution in [0.5, 0.6) is 0 Å². The molecule has 2 heterocycles. The SMILES string of the molecule is C[Si](C)(C)c1cc2ccsc2p1-c1ccccc1. The van der Waals surface area contributed by atoms with E-state index in [1.165, 1.54) is 10.7 Å². The molecule has 0 nitrogen and oxygen atoms in total. The van der Waals surface area contributed by atoms with Crippen molar-refractivity contribution in [1.82, 2.24) is 0 Å². The first-order valence-electron chi connectivity index (χ1n) is 6.22. The molecule has 0 bridgehead atoms. The van der Waals surface area contributed by atoms with E-state index in [4.69, 9.17) is 0 Å². The Morgan fingerprint density at radius 1 is 1.00 bits per heavy atom. The molecular formula is C15H17PSSi. The van der Waals surface area contributed by atoms with Crippen LogP contribution in [0.15, 0.2) is 47.8 Å². The standard InChI is InChI=1S/C15H17PSSi/c1-18(2,3)14-11-12-9-10-17-15(12)16(14)13-7-5-4-6-8-13/h4-11H,1-3H3. The van der Waals surface area contributed by atoms with Crippen LogP contribution in [0, 0.1) is 0 Å². The molecule has 1 unspecified atom stereocenters. The van der Waals surface area contributed by atoms with Crippen LogP contribution in [0.4, 0.5) is 0 Å². The van der Waals surface area contributed by atoms with Crippen LogP contribution in [0.1, 0.15) is 0 Å². The molecule has 0 saturated carbocycles. The largest absolute Gasteiger partial charge is 0.139 e. The average molecular weight is 288 g/mol. The van der Waals surface area contributed by atoms with Crippen molar-refractivity contribution in [3.05, 3.63) is 47.8 Å². The fourth-order valence-electron chi connectivity index (χ4n) is 2.31. The smallest absolute Gasteiger partial charge is 0.0832 e. The fraction of sp³-hybridized carbons (Fsp3) is 0.200. The van der Waals surface area contributed by atoms with Gasteiger partial charge in [-0.3, -0.25) is 0 Å². The Bertz CT molecular complexity index is 673. The molecule has 2 aromatic heterocycles. The highest BCUT2D eigenvalue weighted by molar-refractivity contribution is 7.73. The summed E-state index contributed by atoms with van der Waals surface area (Å²) in [6.07, 6.45) is 0. The Hall–Kier alpha value is -0.823. The van der Waals surface area contributed by atoms with E-state index in [2.05, 4.69) is 67.5 Å². The fourth-order valence-corrected chi connectivity index (χ4v) is 10.2. The molecule has 0 fully saturated rings. The summed E-state index contributed by atoms with van der Waals surface area (Å²) >= 11 is 1.93. The maximum atomic E-state index is 2.48. The van der Waals surface area contributed by atoms with Crippen molar-refractivity contribution in [1.29, 1.82) is 0 Å². The molecule has 0 radical (unpaired) electrons. The summed E-state index contributed by atoms with van der Waals surface area (Å²) in [5.74, 6) is 0. The number of hydrogen-bond acceptors (Lipinski definition) is 1. The first-order valence-corrected chi connectivity index (χ1v) is 11.9. The number of thiophene rings is 1. The van der Waals surface area contributed by atoms with E-state index in [1.807, 2.05) is 11.3 Å². The van der Waals surface area contributed by atoms with Gasteiger partial charge in [-0.05, 0) is 33.1 Å². The van der Waals surface area contributed by atoms with Gasteiger partial charge in [-0.15, -0.1) is 11.3 Å². The highest BCUT2D eigenvalue weighted by Crippen LogP contribution is 2.49. The second-order valence-electron chi connectivity index (χ2n) is 5.63. The van der Waals surface area contributed by atoms with Gasteiger partial charge in [-0.25, -0.2) is 0 Å². The van der Waals surface area contributed by atoms with Gasteiger partial charge in [-0.1, -0.05) is 57.5 Å². The monoisotopic (exact) mass is 288 g/mol. The molecule has 0 aliphatic heterocycles. The zero-order chi connectivity index (χ0) is 12.8. The lowest BCUT2D eigenvalue weighted by Crippen LogP contribution is -2.35. The van der Waals surface area contributed by atoms with Gasteiger partial charge >= 0.3 is 0 Å². The van der Waals surface area contributed by atoms with Gasteiger partial charge in [0.25, 0.3) is 0 Å². The van der Waals surface area contributed by atoms with Crippen LogP contribution in [0.2, 0.25) is 19.6 Å². The molecule has 0 aliphatic carbocycles. The van der Waals surface area contributed by atoms with Crippen LogP contribution < -0.4 is 4.92 Å². The number of hydrogen-bond donors (Lipinski definition) is 0. The Morgan fingerprint density at radius 2 is 1.72 bits per heavy atom. The van der Waals surface area contributed by atoms with E-state index in [9.17, 15) is 0 Å². The quantitative estimate of drug-likeness (QED) is 0.552. The van der Waals surface area contributed by atoms with Crippen LogP contribution >= 0.6 is 18.9 Å². The normalized spacial score (nSPS) is 13.2. The van der Waals surface area contributed by atoms with Gasteiger partial charge in [0.2, 0.25) is 0 Å². The van der Waals surface area contributed by atoms with Crippen molar-refractivity contribution in [3.8, 4) is 5.30 Å². The molecule has 0 spiro atoms. The van der Waals surface area contributed by atoms with Crippen LogP contribution in [-0.4, -0.2) is 8.07 Å². The van der Waals surface area contributed by atoms with Gasteiger partial charge in [0.05, 0.1) is 12.5 Å².